The lowest BCUT2D eigenvalue weighted by molar-refractivity contribution is 0.112. The van der Waals surface area contributed by atoms with Gasteiger partial charge in [0.05, 0.1) is 5.52 Å². The largest absolute Gasteiger partial charge is 0.368 e. The summed E-state index contributed by atoms with van der Waals surface area (Å²) in [6, 6.07) is 14.1. The van der Waals surface area contributed by atoms with Crippen LogP contribution in [-0.4, -0.2) is 22.3 Å². The molecule has 1 aromatic heterocycles. The predicted molar refractivity (Wildman–Crippen MR) is 105 cm³/mol. The van der Waals surface area contributed by atoms with Crippen LogP contribution in [0.25, 0.3) is 22.0 Å². The van der Waals surface area contributed by atoms with Crippen molar-refractivity contribution in [2.45, 2.75) is 38.1 Å². The molecule has 26 heavy (non-hydrogen) atoms. The number of hydrogen-bond acceptors (Lipinski definition) is 5. The molecular weight excluding hydrogens is 324 g/mol. The van der Waals surface area contributed by atoms with Crippen LogP contribution in [0.2, 0.25) is 0 Å². The summed E-state index contributed by atoms with van der Waals surface area (Å²) in [5.74, 6) is 1.08. The number of fused-ring (bicyclic) bond motifs is 1. The van der Waals surface area contributed by atoms with Gasteiger partial charge in [-0.25, -0.2) is 4.98 Å². The molecular formula is C21H22N4O. The number of nitrogens with zero attached hydrogens (tertiary/aromatic N) is 2. The first kappa shape index (κ1) is 16.5. The molecule has 3 N–H and O–H groups in total. The Morgan fingerprint density at radius 1 is 1.00 bits per heavy atom. The molecule has 0 amide bonds. The van der Waals surface area contributed by atoms with Crippen LogP contribution in [-0.2, 0) is 0 Å². The van der Waals surface area contributed by atoms with Crippen LogP contribution < -0.4 is 11.1 Å². The molecule has 0 bridgehead atoms. The first-order valence-corrected chi connectivity index (χ1v) is 9.12. The van der Waals surface area contributed by atoms with Crippen LogP contribution in [0.1, 0.15) is 42.5 Å². The van der Waals surface area contributed by atoms with Crippen LogP contribution >= 0.6 is 0 Å². The summed E-state index contributed by atoms with van der Waals surface area (Å²) in [6.07, 6.45) is 6.99. The van der Waals surface area contributed by atoms with Crippen molar-refractivity contribution in [1.29, 1.82) is 0 Å². The van der Waals surface area contributed by atoms with Crippen molar-refractivity contribution in [3.63, 3.8) is 0 Å². The van der Waals surface area contributed by atoms with E-state index in [-0.39, 0.29) is 5.95 Å². The second-order valence-electron chi connectivity index (χ2n) is 6.88. The second kappa shape index (κ2) is 7.12. The number of nitrogens with two attached hydrogens (primary N) is 1. The summed E-state index contributed by atoms with van der Waals surface area (Å²) < 4.78 is 0. The highest BCUT2D eigenvalue weighted by molar-refractivity contribution is 5.94. The Labute approximate surface area is 152 Å². The Bertz CT molecular complexity index is 948. The van der Waals surface area contributed by atoms with Crippen molar-refractivity contribution in [1.82, 2.24) is 9.97 Å². The van der Waals surface area contributed by atoms with Gasteiger partial charge in [0.15, 0.2) is 0 Å². The first-order chi connectivity index (χ1) is 12.7. The molecule has 1 saturated carbocycles. The SMILES string of the molecule is Nc1nc(NC2CCCCC2)c2cc(-c3cccc(C=O)c3)ccc2n1. The number of carbonyl (C=O) groups excluding carboxylic acids is 1. The van der Waals surface area contributed by atoms with Gasteiger partial charge in [0.1, 0.15) is 12.1 Å². The van der Waals surface area contributed by atoms with E-state index < -0.39 is 0 Å². The van der Waals surface area contributed by atoms with Crippen LogP contribution in [0.3, 0.4) is 0 Å². The normalized spacial score (nSPS) is 15.1. The number of benzene rings is 2. The predicted octanol–water partition coefficient (Wildman–Crippen LogP) is 4.44. The van der Waals surface area contributed by atoms with Crippen molar-refractivity contribution in [3.05, 3.63) is 48.0 Å². The topological polar surface area (TPSA) is 80.9 Å². The van der Waals surface area contributed by atoms with Gasteiger partial charge in [0.25, 0.3) is 0 Å². The van der Waals surface area contributed by atoms with Gasteiger partial charge in [-0.3, -0.25) is 4.79 Å². The average molecular weight is 346 g/mol. The minimum atomic E-state index is 0.284. The van der Waals surface area contributed by atoms with E-state index in [4.69, 9.17) is 5.73 Å². The van der Waals surface area contributed by atoms with Gasteiger partial charge < -0.3 is 11.1 Å². The van der Waals surface area contributed by atoms with Crippen molar-refractivity contribution in [3.8, 4) is 11.1 Å². The smallest absolute Gasteiger partial charge is 0.222 e. The fourth-order valence-electron chi connectivity index (χ4n) is 3.67. The Kier molecular flexibility index (Phi) is 4.52. The number of carbonyl (C=O) groups is 1. The van der Waals surface area contributed by atoms with E-state index >= 15 is 0 Å². The van der Waals surface area contributed by atoms with Crippen molar-refractivity contribution in [2.75, 3.05) is 11.1 Å². The monoisotopic (exact) mass is 346 g/mol. The molecule has 1 fully saturated rings. The van der Waals surface area contributed by atoms with E-state index in [1.165, 1.54) is 19.3 Å². The Hall–Kier alpha value is -2.95. The highest BCUT2D eigenvalue weighted by Gasteiger charge is 2.16. The minimum Gasteiger partial charge on any atom is -0.368 e. The molecule has 5 nitrogen and oxygen atoms in total. The standard InChI is InChI=1S/C21H22N4O/c22-21-24-19-10-9-16(15-6-4-5-14(11-15)13-26)12-18(19)20(25-21)23-17-7-2-1-3-8-17/h4-6,9-13,17H,1-3,7-8H2,(H3,22,23,24,25). The summed E-state index contributed by atoms with van der Waals surface area (Å²) in [5, 5.41) is 4.54. The summed E-state index contributed by atoms with van der Waals surface area (Å²) in [7, 11) is 0. The lowest BCUT2D eigenvalue weighted by Gasteiger charge is -2.24. The molecule has 3 aromatic rings. The number of anilines is 2. The first-order valence-electron chi connectivity index (χ1n) is 9.12. The molecule has 132 valence electrons. The maximum atomic E-state index is 11.1. The van der Waals surface area contributed by atoms with Gasteiger partial charge in [-0.2, -0.15) is 4.98 Å². The number of nitrogens with one attached hydrogen (secondary N) is 1. The molecule has 4 rings (SSSR count). The highest BCUT2D eigenvalue weighted by atomic mass is 16.1. The van der Waals surface area contributed by atoms with Crippen molar-refractivity contribution in [2.24, 2.45) is 0 Å². The summed E-state index contributed by atoms with van der Waals surface area (Å²) in [4.78, 5) is 19.9. The molecule has 0 atom stereocenters. The van der Waals surface area contributed by atoms with Crippen molar-refractivity contribution < 1.29 is 4.79 Å². The number of aldehydes is 1. The number of rotatable bonds is 4. The van der Waals surface area contributed by atoms with E-state index in [9.17, 15) is 4.79 Å². The zero-order chi connectivity index (χ0) is 17.9. The van der Waals surface area contributed by atoms with E-state index in [1.54, 1.807) is 6.07 Å². The maximum absolute atomic E-state index is 11.1. The van der Waals surface area contributed by atoms with E-state index in [2.05, 4.69) is 21.4 Å². The van der Waals surface area contributed by atoms with Crippen molar-refractivity contribution >= 4 is 29.0 Å². The van der Waals surface area contributed by atoms with E-state index in [0.717, 1.165) is 47.0 Å². The van der Waals surface area contributed by atoms with Crippen LogP contribution in [0, 0.1) is 0 Å². The quantitative estimate of drug-likeness (QED) is 0.683. The molecule has 1 aliphatic carbocycles. The second-order valence-corrected chi connectivity index (χ2v) is 6.88. The third-order valence-electron chi connectivity index (χ3n) is 5.02. The molecule has 0 spiro atoms. The number of aromatic nitrogens is 2. The molecule has 1 aliphatic rings. The lowest BCUT2D eigenvalue weighted by atomic mass is 9.95. The molecule has 0 unspecified atom stereocenters. The molecule has 0 saturated heterocycles. The fourth-order valence-corrected chi connectivity index (χ4v) is 3.67. The zero-order valence-electron chi connectivity index (χ0n) is 14.6. The highest BCUT2D eigenvalue weighted by Crippen LogP contribution is 2.30. The third-order valence-corrected chi connectivity index (χ3v) is 5.02. The Balaban J connectivity index is 1.76. The molecule has 1 heterocycles. The fraction of sp³-hybridized carbons (Fsp3) is 0.286. The van der Waals surface area contributed by atoms with E-state index in [1.807, 2.05) is 30.3 Å². The zero-order valence-corrected chi connectivity index (χ0v) is 14.6. The van der Waals surface area contributed by atoms with E-state index in [0.29, 0.717) is 11.6 Å². The number of hydrogen-bond donors (Lipinski definition) is 2. The van der Waals surface area contributed by atoms with Crippen LogP contribution in [0.15, 0.2) is 42.5 Å². The Morgan fingerprint density at radius 3 is 2.62 bits per heavy atom. The average Bonchev–Trinajstić information content (AvgIpc) is 2.68. The van der Waals surface area contributed by atoms with Gasteiger partial charge >= 0.3 is 0 Å². The van der Waals surface area contributed by atoms with Crippen LogP contribution in [0.5, 0.6) is 0 Å². The third kappa shape index (κ3) is 3.38. The summed E-state index contributed by atoms with van der Waals surface area (Å²) in [6.45, 7) is 0. The maximum Gasteiger partial charge on any atom is 0.222 e. The molecule has 2 aromatic carbocycles. The number of nitrogen functional groups attached to an aromatic ring is 1. The van der Waals surface area contributed by atoms with Gasteiger partial charge in [0, 0.05) is 17.0 Å². The van der Waals surface area contributed by atoms with Gasteiger partial charge in [-0.05, 0) is 42.2 Å². The Morgan fingerprint density at radius 2 is 1.81 bits per heavy atom. The van der Waals surface area contributed by atoms with Gasteiger partial charge in [-0.1, -0.05) is 43.5 Å². The molecule has 0 radical (unpaired) electrons. The van der Waals surface area contributed by atoms with Crippen LogP contribution in [0.4, 0.5) is 11.8 Å². The molecule has 0 aliphatic heterocycles. The molecule has 5 heteroatoms. The van der Waals surface area contributed by atoms with Gasteiger partial charge in [0.2, 0.25) is 5.95 Å². The summed E-state index contributed by atoms with van der Waals surface area (Å²) in [5.41, 5.74) is 9.43. The minimum absolute atomic E-state index is 0.284. The van der Waals surface area contributed by atoms with Gasteiger partial charge in [-0.15, -0.1) is 0 Å². The summed E-state index contributed by atoms with van der Waals surface area (Å²) >= 11 is 0. The lowest BCUT2D eigenvalue weighted by Crippen LogP contribution is -2.23.